The summed E-state index contributed by atoms with van der Waals surface area (Å²) in [6.45, 7) is 4.84. The van der Waals surface area contributed by atoms with E-state index in [0.717, 1.165) is 44.8 Å². The Morgan fingerprint density at radius 2 is 2.00 bits per heavy atom. The van der Waals surface area contributed by atoms with E-state index in [2.05, 4.69) is 46.4 Å². The molecular weight excluding hydrogens is 274 g/mol. The van der Waals surface area contributed by atoms with Gasteiger partial charge in [0.15, 0.2) is 0 Å². The van der Waals surface area contributed by atoms with Crippen molar-refractivity contribution in [2.45, 2.75) is 25.8 Å². The van der Waals surface area contributed by atoms with Crippen LogP contribution in [-0.2, 0) is 11.3 Å². The smallest absolute Gasteiger partial charge is 0.230 e. The summed E-state index contributed by atoms with van der Waals surface area (Å²) >= 11 is 0. The molecule has 1 atom stereocenters. The predicted molar refractivity (Wildman–Crippen MR) is 87.8 cm³/mol. The van der Waals surface area contributed by atoms with Crippen molar-refractivity contribution in [1.82, 2.24) is 10.2 Å². The number of para-hydroxylation sites is 1. The van der Waals surface area contributed by atoms with Crippen LogP contribution in [0, 0.1) is 11.3 Å². The molecule has 4 nitrogen and oxygen atoms in total. The molecule has 1 N–H and O–H groups in total. The lowest BCUT2D eigenvalue weighted by Crippen LogP contribution is -2.39. The number of piperidine rings is 1. The van der Waals surface area contributed by atoms with Crippen LogP contribution < -0.4 is 10.2 Å². The van der Waals surface area contributed by atoms with Crippen molar-refractivity contribution in [1.29, 1.82) is 0 Å². The number of hydrogen-bond donors (Lipinski definition) is 1. The molecule has 1 aromatic carbocycles. The average molecular weight is 299 g/mol. The fourth-order valence-electron chi connectivity index (χ4n) is 4.26. The van der Waals surface area contributed by atoms with Gasteiger partial charge in [-0.2, -0.15) is 0 Å². The van der Waals surface area contributed by atoms with Crippen LogP contribution in [0.4, 0.5) is 5.69 Å². The van der Waals surface area contributed by atoms with Crippen molar-refractivity contribution in [3.8, 4) is 0 Å². The number of nitrogens with zero attached hydrogens (tertiary/aromatic N) is 2. The van der Waals surface area contributed by atoms with E-state index < -0.39 is 0 Å². The molecule has 0 bridgehead atoms. The molecule has 1 unspecified atom stereocenters. The maximum atomic E-state index is 13.1. The molecule has 22 heavy (non-hydrogen) atoms. The molecule has 2 fully saturated rings. The number of amides is 1. The average Bonchev–Trinajstić information content (AvgIpc) is 3.25. The van der Waals surface area contributed by atoms with Crippen molar-refractivity contribution in [3.63, 3.8) is 0 Å². The normalized spacial score (nSPS) is 27.3. The first-order valence-electron chi connectivity index (χ1n) is 8.48. The summed E-state index contributed by atoms with van der Waals surface area (Å²) < 4.78 is 0. The zero-order valence-electron chi connectivity index (χ0n) is 13.3. The van der Waals surface area contributed by atoms with Gasteiger partial charge in [-0.05, 0) is 56.4 Å². The second-order valence-corrected chi connectivity index (χ2v) is 7.23. The molecule has 1 amide bonds. The lowest BCUT2D eigenvalue weighted by atomic mass is 9.91. The molecule has 4 heteroatoms. The second kappa shape index (κ2) is 5.36. The first-order valence-corrected chi connectivity index (χ1v) is 8.48. The SMILES string of the molecule is CN1CCN(C(=O)C2CC23CCNCC3)c2ccccc2C1. The Labute approximate surface area is 132 Å². The number of anilines is 1. The largest absolute Gasteiger partial charge is 0.317 e. The summed E-state index contributed by atoms with van der Waals surface area (Å²) in [5.41, 5.74) is 2.72. The Morgan fingerprint density at radius 1 is 1.23 bits per heavy atom. The molecule has 3 aliphatic rings. The third-order valence-electron chi connectivity index (χ3n) is 5.78. The minimum absolute atomic E-state index is 0.256. The summed E-state index contributed by atoms with van der Waals surface area (Å²) in [6, 6.07) is 8.40. The molecule has 2 aliphatic heterocycles. The first kappa shape index (κ1) is 14.2. The third-order valence-corrected chi connectivity index (χ3v) is 5.78. The predicted octanol–water partition coefficient (Wildman–Crippen LogP) is 1.85. The van der Waals surface area contributed by atoms with Crippen LogP contribution in [-0.4, -0.2) is 44.0 Å². The lowest BCUT2D eigenvalue weighted by Gasteiger charge is -2.27. The highest BCUT2D eigenvalue weighted by atomic mass is 16.2. The number of nitrogens with one attached hydrogen (secondary N) is 1. The number of carbonyl (C=O) groups excluding carboxylic acids is 1. The Kier molecular flexibility index (Phi) is 3.46. The number of rotatable bonds is 1. The summed E-state index contributed by atoms with van der Waals surface area (Å²) in [5, 5.41) is 3.42. The molecule has 2 heterocycles. The molecule has 1 saturated carbocycles. The van der Waals surface area contributed by atoms with Crippen LogP contribution in [0.2, 0.25) is 0 Å². The molecular formula is C18H25N3O. The van der Waals surface area contributed by atoms with Crippen LogP contribution in [0.15, 0.2) is 24.3 Å². The molecule has 118 valence electrons. The van der Waals surface area contributed by atoms with E-state index in [-0.39, 0.29) is 5.92 Å². The van der Waals surface area contributed by atoms with Gasteiger partial charge in [-0.15, -0.1) is 0 Å². The van der Waals surface area contributed by atoms with E-state index in [9.17, 15) is 4.79 Å². The standard InChI is InChI=1S/C18H25N3O/c1-20-10-11-21(16-5-3-2-4-14(16)13-20)17(22)15-12-18(15)6-8-19-9-7-18/h2-5,15,19H,6-13H2,1H3. The number of benzene rings is 1. The minimum Gasteiger partial charge on any atom is -0.317 e. The Hall–Kier alpha value is -1.39. The van der Waals surface area contributed by atoms with Gasteiger partial charge in [-0.1, -0.05) is 18.2 Å². The van der Waals surface area contributed by atoms with Gasteiger partial charge in [0.05, 0.1) is 0 Å². The van der Waals surface area contributed by atoms with Gasteiger partial charge in [-0.25, -0.2) is 0 Å². The van der Waals surface area contributed by atoms with Gasteiger partial charge in [-0.3, -0.25) is 4.79 Å². The summed E-state index contributed by atoms with van der Waals surface area (Å²) in [4.78, 5) is 17.5. The van der Waals surface area contributed by atoms with E-state index in [4.69, 9.17) is 0 Å². The number of fused-ring (bicyclic) bond motifs is 1. The van der Waals surface area contributed by atoms with Crippen molar-refractivity contribution >= 4 is 11.6 Å². The van der Waals surface area contributed by atoms with E-state index in [1.165, 1.54) is 18.4 Å². The zero-order chi connectivity index (χ0) is 15.2. The maximum Gasteiger partial charge on any atom is 0.230 e. The Balaban J connectivity index is 1.58. The molecule has 0 radical (unpaired) electrons. The van der Waals surface area contributed by atoms with Gasteiger partial charge in [0, 0.05) is 31.2 Å². The molecule has 1 spiro atoms. The van der Waals surface area contributed by atoms with Crippen molar-refractivity contribution < 1.29 is 4.79 Å². The summed E-state index contributed by atoms with van der Waals surface area (Å²) in [7, 11) is 2.14. The topological polar surface area (TPSA) is 35.6 Å². The number of likely N-dealkylation sites (N-methyl/N-ethyl adjacent to an activating group) is 1. The highest BCUT2D eigenvalue weighted by molar-refractivity contribution is 5.98. The zero-order valence-corrected chi connectivity index (χ0v) is 13.3. The van der Waals surface area contributed by atoms with Crippen LogP contribution >= 0.6 is 0 Å². The fourth-order valence-corrected chi connectivity index (χ4v) is 4.26. The molecule has 1 aliphatic carbocycles. The monoisotopic (exact) mass is 299 g/mol. The van der Waals surface area contributed by atoms with Crippen LogP contribution in [0.1, 0.15) is 24.8 Å². The maximum absolute atomic E-state index is 13.1. The van der Waals surface area contributed by atoms with E-state index in [0.29, 0.717) is 11.3 Å². The highest BCUT2D eigenvalue weighted by Crippen LogP contribution is 2.59. The fraction of sp³-hybridized carbons (Fsp3) is 0.611. The van der Waals surface area contributed by atoms with Gasteiger partial charge in [0.25, 0.3) is 0 Å². The van der Waals surface area contributed by atoms with Crippen LogP contribution in [0.25, 0.3) is 0 Å². The van der Waals surface area contributed by atoms with Crippen molar-refractivity contribution in [2.75, 3.05) is 38.1 Å². The van der Waals surface area contributed by atoms with Crippen LogP contribution in [0.3, 0.4) is 0 Å². The summed E-state index contributed by atoms with van der Waals surface area (Å²) in [5.74, 6) is 0.621. The Bertz CT molecular complexity index is 579. The van der Waals surface area contributed by atoms with E-state index >= 15 is 0 Å². The second-order valence-electron chi connectivity index (χ2n) is 7.23. The third kappa shape index (κ3) is 2.34. The quantitative estimate of drug-likeness (QED) is 0.860. The minimum atomic E-state index is 0.256. The molecule has 0 aromatic heterocycles. The number of hydrogen-bond acceptors (Lipinski definition) is 3. The summed E-state index contributed by atoms with van der Waals surface area (Å²) in [6.07, 6.45) is 3.43. The van der Waals surface area contributed by atoms with Gasteiger partial charge >= 0.3 is 0 Å². The Morgan fingerprint density at radius 3 is 2.82 bits per heavy atom. The van der Waals surface area contributed by atoms with E-state index in [1.54, 1.807) is 0 Å². The highest BCUT2D eigenvalue weighted by Gasteiger charge is 2.58. The lowest BCUT2D eigenvalue weighted by molar-refractivity contribution is -0.120. The molecule has 4 rings (SSSR count). The van der Waals surface area contributed by atoms with Gasteiger partial charge in [0.2, 0.25) is 5.91 Å². The van der Waals surface area contributed by atoms with Crippen molar-refractivity contribution in [3.05, 3.63) is 29.8 Å². The molecule has 1 saturated heterocycles. The molecule has 1 aromatic rings. The number of carbonyl (C=O) groups is 1. The van der Waals surface area contributed by atoms with Gasteiger partial charge in [0.1, 0.15) is 0 Å². The van der Waals surface area contributed by atoms with Crippen LogP contribution in [0.5, 0.6) is 0 Å². The first-order chi connectivity index (χ1) is 10.7. The van der Waals surface area contributed by atoms with Gasteiger partial charge < -0.3 is 15.1 Å². The van der Waals surface area contributed by atoms with E-state index in [1.807, 2.05) is 0 Å². The van der Waals surface area contributed by atoms with Crippen molar-refractivity contribution in [2.24, 2.45) is 11.3 Å².